The standard InChI is InChI=1S/C16H23ClN2O/c1-12-6-3-4-9-19(12)11-16(20)18-13(2)14-7-5-8-15(17)10-14/h5,7-8,10,12-13H,3-4,6,9,11H2,1-2H3,(H,18,20). The summed E-state index contributed by atoms with van der Waals surface area (Å²) in [6.07, 6.45) is 3.66. The normalized spacial score (nSPS) is 21.4. The van der Waals surface area contributed by atoms with Crippen LogP contribution < -0.4 is 5.32 Å². The number of nitrogens with one attached hydrogen (secondary N) is 1. The zero-order valence-corrected chi connectivity index (χ0v) is 13.0. The zero-order valence-electron chi connectivity index (χ0n) is 12.2. The van der Waals surface area contributed by atoms with Gasteiger partial charge in [-0.3, -0.25) is 9.69 Å². The lowest BCUT2D eigenvalue weighted by molar-refractivity contribution is -0.123. The fourth-order valence-electron chi connectivity index (χ4n) is 2.72. The Bertz CT molecular complexity index is 464. The van der Waals surface area contributed by atoms with Gasteiger partial charge in [-0.1, -0.05) is 30.2 Å². The van der Waals surface area contributed by atoms with Crippen LogP contribution in [-0.2, 0) is 4.79 Å². The Morgan fingerprint density at radius 1 is 1.50 bits per heavy atom. The molecule has 1 heterocycles. The molecule has 1 fully saturated rings. The number of carbonyl (C=O) groups excluding carboxylic acids is 1. The Hall–Kier alpha value is -1.06. The number of amides is 1. The number of likely N-dealkylation sites (tertiary alicyclic amines) is 1. The number of rotatable bonds is 4. The van der Waals surface area contributed by atoms with Crippen LogP contribution in [0.1, 0.15) is 44.7 Å². The quantitative estimate of drug-likeness (QED) is 0.923. The molecule has 2 rings (SSSR count). The molecule has 0 bridgehead atoms. The van der Waals surface area contributed by atoms with E-state index < -0.39 is 0 Å². The first-order valence-corrected chi connectivity index (χ1v) is 7.73. The van der Waals surface area contributed by atoms with Crippen LogP contribution in [0.25, 0.3) is 0 Å². The third-order valence-corrected chi connectivity index (χ3v) is 4.25. The Kier molecular flexibility index (Phi) is 5.44. The summed E-state index contributed by atoms with van der Waals surface area (Å²) in [5, 5.41) is 3.75. The first kappa shape index (κ1) is 15.3. The van der Waals surface area contributed by atoms with E-state index in [1.807, 2.05) is 31.2 Å². The van der Waals surface area contributed by atoms with Gasteiger partial charge >= 0.3 is 0 Å². The zero-order chi connectivity index (χ0) is 14.5. The third kappa shape index (κ3) is 4.22. The lowest BCUT2D eigenvalue weighted by atomic mass is 10.0. The highest BCUT2D eigenvalue weighted by Crippen LogP contribution is 2.18. The highest BCUT2D eigenvalue weighted by molar-refractivity contribution is 6.30. The van der Waals surface area contributed by atoms with Crippen LogP contribution in [0.15, 0.2) is 24.3 Å². The molecule has 1 aliphatic rings. The highest BCUT2D eigenvalue weighted by atomic mass is 35.5. The number of hydrogen-bond donors (Lipinski definition) is 1. The number of carbonyl (C=O) groups is 1. The van der Waals surface area contributed by atoms with Gasteiger partial charge in [0, 0.05) is 11.1 Å². The lowest BCUT2D eigenvalue weighted by Crippen LogP contribution is -2.44. The third-order valence-electron chi connectivity index (χ3n) is 4.01. The average Bonchev–Trinajstić information content (AvgIpc) is 2.41. The number of piperidine rings is 1. The monoisotopic (exact) mass is 294 g/mol. The number of benzene rings is 1. The molecule has 20 heavy (non-hydrogen) atoms. The van der Waals surface area contributed by atoms with Crippen molar-refractivity contribution in [1.29, 1.82) is 0 Å². The number of halogens is 1. The molecule has 0 saturated carbocycles. The van der Waals surface area contributed by atoms with Gasteiger partial charge in [-0.05, 0) is 50.9 Å². The molecule has 1 saturated heterocycles. The van der Waals surface area contributed by atoms with E-state index >= 15 is 0 Å². The van der Waals surface area contributed by atoms with E-state index in [-0.39, 0.29) is 11.9 Å². The first-order valence-electron chi connectivity index (χ1n) is 7.35. The lowest BCUT2D eigenvalue weighted by Gasteiger charge is -2.33. The maximum absolute atomic E-state index is 12.1. The maximum Gasteiger partial charge on any atom is 0.234 e. The Morgan fingerprint density at radius 3 is 3.00 bits per heavy atom. The minimum atomic E-state index is -0.0127. The maximum atomic E-state index is 12.1. The predicted octanol–water partition coefficient (Wildman–Crippen LogP) is 3.39. The van der Waals surface area contributed by atoms with Crippen molar-refractivity contribution in [3.63, 3.8) is 0 Å². The Balaban J connectivity index is 1.87. The van der Waals surface area contributed by atoms with E-state index in [4.69, 9.17) is 11.6 Å². The molecule has 2 unspecified atom stereocenters. The topological polar surface area (TPSA) is 32.3 Å². The average molecular weight is 295 g/mol. The second-order valence-electron chi connectivity index (χ2n) is 5.66. The Morgan fingerprint density at radius 2 is 2.30 bits per heavy atom. The first-order chi connectivity index (χ1) is 9.56. The van der Waals surface area contributed by atoms with Crippen molar-refractivity contribution in [3.05, 3.63) is 34.9 Å². The van der Waals surface area contributed by atoms with Gasteiger partial charge in [0.05, 0.1) is 12.6 Å². The van der Waals surface area contributed by atoms with E-state index in [2.05, 4.69) is 17.1 Å². The van der Waals surface area contributed by atoms with Crippen molar-refractivity contribution in [1.82, 2.24) is 10.2 Å². The molecule has 1 aliphatic heterocycles. The van der Waals surface area contributed by atoms with Crippen molar-refractivity contribution in [2.24, 2.45) is 0 Å². The van der Waals surface area contributed by atoms with Gasteiger partial charge in [0.2, 0.25) is 5.91 Å². The van der Waals surface area contributed by atoms with Gasteiger partial charge in [0.15, 0.2) is 0 Å². The van der Waals surface area contributed by atoms with E-state index in [0.717, 1.165) is 12.1 Å². The molecular formula is C16H23ClN2O. The van der Waals surface area contributed by atoms with Crippen molar-refractivity contribution in [2.45, 2.75) is 45.2 Å². The molecule has 1 aromatic rings. The molecule has 110 valence electrons. The van der Waals surface area contributed by atoms with E-state index in [1.54, 1.807) is 0 Å². The minimum Gasteiger partial charge on any atom is -0.348 e. The largest absolute Gasteiger partial charge is 0.348 e. The van der Waals surface area contributed by atoms with Gasteiger partial charge in [-0.2, -0.15) is 0 Å². The summed E-state index contributed by atoms with van der Waals surface area (Å²) in [5.41, 5.74) is 1.04. The molecule has 2 atom stereocenters. The summed E-state index contributed by atoms with van der Waals surface area (Å²) in [5.74, 6) is 0.0891. The summed E-state index contributed by atoms with van der Waals surface area (Å²) < 4.78 is 0. The summed E-state index contributed by atoms with van der Waals surface area (Å²) in [7, 11) is 0. The SMILES string of the molecule is CC(NC(=O)CN1CCCCC1C)c1cccc(Cl)c1. The van der Waals surface area contributed by atoms with E-state index in [1.165, 1.54) is 19.3 Å². The molecule has 0 radical (unpaired) electrons. The van der Waals surface area contributed by atoms with E-state index in [9.17, 15) is 4.79 Å². The van der Waals surface area contributed by atoms with Crippen LogP contribution in [0, 0.1) is 0 Å². The van der Waals surface area contributed by atoms with Crippen molar-refractivity contribution in [3.8, 4) is 0 Å². The molecule has 1 N–H and O–H groups in total. The van der Waals surface area contributed by atoms with E-state index in [0.29, 0.717) is 17.6 Å². The molecule has 0 spiro atoms. The van der Waals surface area contributed by atoms with Crippen molar-refractivity contribution in [2.75, 3.05) is 13.1 Å². The molecule has 0 aliphatic carbocycles. The van der Waals surface area contributed by atoms with Crippen molar-refractivity contribution < 1.29 is 4.79 Å². The summed E-state index contributed by atoms with van der Waals surface area (Å²) >= 11 is 5.98. The van der Waals surface area contributed by atoms with Gasteiger partial charge in [0.25, 0.3) is 0 Å². The van der Waals surface area contributed by atoms with Gasteiger partial charge in [-0.15, -0.1) is 0 Å². The van der Waals surface area contributed by atoms with Crippen LogP contribution in [0.4, 0.5) is 0 Å². The van der Waals surface area contributed by atoms with Crippen LogP contribution in [-0.4, -0.2) is 29.9 Å². The van der Waals surface area contributed by atoms with Crippen molar-refractivity contribution >= 4 is 17.5 Å². The van der Waals surface area contributed by atoms with Crippen LogP contribution >= 0.6 is 11.6 Å². The molecule has 0 aromatic heterocycles. The molecule has 4 heteroatoms. The minimum absolute atomic E-state index is 0.0127. The van der Waals surface area contributed by atoms with Gasteiger partial charge in [-0.25, -0.2) is 0 Å². The second kappa shape index (κ2) is 7.09. The van der Waals surface area contributed by atoms with Gasteiger partial charge in [0.1, 0.15) is 0 Å². The summed E-state index contributed by atoms with van der Waals surface area (Å²) in [6, 6.07) is 8.13. The van der Waals surface area contributed by atoms with Crippen LogP contribution in [0.3, 0.4) is 0 Å². The number of hydrogen-bond acceptors (Lipinski definition) is 2. The summed E-state index contributed by atoms with van der Waals surface area (Å²) in [4.78, 5) is 14.4. The molecule has 3 nitrogen and oxygen atoms in total. The molecular weight excluding hydrogens is 272 g/mol. The summed E-state index contributed by atoms with van der Waals surface area (Å²) in [6.45, 7) is 5.71. The highest BCUT2D eigenvalue weighted by Gasteiger charge is 2.21. The molecule has 1 aromatic carbocycles. The van der Waals surface area contributed by atoms with Crippen LogP contribution in [0.5, 0.6) is 0 Å². The van der Waals surface area contributed by atoms with Gasteiger partial charge < -0.3 is 5.32 Å². The van der Waals surface area contributed by atoms with Crippen LogP contribution in [0.2, 0.25) is 5.02 Å². The second-order valence-corrected chi connectivity index (χ2v) is 6.10. The fourth-order valence-corrected chi connectivity index (χ4v) is 2.92. The smallest absolute Gasteiger partial charge is 0.234 e. The Labute approximate surface area is 126 Å². The predicted molar refractivity (Wildman–Crippen MR) is 82.9 cm³/mol. The molecule has 1 amide bonds. The number of nitrogens with zero attached hydrogens (tertiary/aromatic N) is 1. The fraction of sp³-hybridized carbons (Fsp3) is 0.562.